The van der Waals surface area contributed by atoms with Crippen LogP contribution in [0.15, 0.2) is 67.1 Å². The highest BCUT2D eigenvalue weighted by atomic mass is 16.1. The van der Waals surface area contributed by atoms with Crippen molar-refractivity contribution in [3.8, 4) is 6.07 Å². The van der Waals surface area contributed by atoms with Gasteiger partial charge in [0.2, 0.25) is 0 Å². The SMILES string of the molecule is N#Cc1cccc(NC(=O)c2ccc(NCc3ccncc3)cn2)c1. The Kier molecular flexibility index (Phi) is 4.98. The van der Waals surface area contributed by atoms with Crippen molar-refractivity contribution in [2.75, 3.05) is 10.6 Å². The number of anilines is 2. The minimum absolute atomic E-state index is 0.303. The molecule has 0 radical (unpaired) electrons. The van der Waals surface area contributed by atoms with Gasteiger partial charge in [-0.15, -0.1) is 0 Å². The maximum absolute atomic E-state index is 12.2. The highest BCUT2D eigenvalue weighted by Crippen LogP contribution is 2.13. The number of nitrogens with zero attached hydrogens (tertiary/aromatic N) is 3. The van der Waals surface area contributed by atoms with Gasteiger partial charge in [0.05, 0.1) is 23.5 Å². The van der Waals surface area contributed by atoms with Crippen LogP contribution in [0.1, 0.15) is 21.6 Å². The van der Waals surface area contributed by atoms with Crippen LogP contribution in [0.5, 0.6) is 0 Å². The number of benzene rings is 1. The van der Waals surface area contributed by atoms with Crippen molar-refractivity contribution in [3.63, 3.8) is 0 Å². The molecule has 0 aliphatic heterocycles. The molecule has 25 heavy (non-hydrogen) atoms. The second-order valence-corrected chi connectivity index (χ2v) is 5.29. The van der Waals surface area contributed by atoms with Gasteiger partial charge in [0, 0.05) is 24.6 Å². The van der Waals surface area contributed by atoms with Gasteiger partial charge in [0.15, 0.2) is 0 Å². The lowest BCUT2D eigenvalue weighted by Gasteiger charge is -2.08. The first-order chi connectivity index (χ1) is 12.2. The Morgan fingerprint density at radius 2 is 1.92 bits per heavy atom. The average Bonchev–Trinajstić information content (AvgIpc) is 2.67. The quantitative estimate of drug-likeness (QED) is 0.750. The van der Waals surface area contributed by atoms with Gasteiger partial charge in [-0.3, -0.25) is 9.78 Å². The Labute approximate surface area is 145 Å². The van der Waals surface area contributed by atoms with Gasteiger partial charge in [0.1, 0.15) is 5.69 Å². The van der Waals surface area contributed by atoms with E-state index in [1.54, 1.807) is 55.0 Å². The van der Waals surface area contributed by atoms with E-state index in [0.29, 0.717) is 23.5 Å². The number of carbonyl (C=O) groups excluding carboxylic acids is 1. The summed E-state index contributed by atoms with van der Waals surface area (Å²) in [6.07, 6.45) is 5.09. The molecule has 1 aromatic carbocycles. The second kappa shape index (κ2) is 7.70. The van der Waals surface area contributed by atoms with Crippen molar-refractivity contribution in [2.45, 2.75) is 6.54 Å². The third-order valence-electron chi connectivity index (χ3n) is 3.49. The molecule has 0 atom stereocenters. The molecular weight excluding hydrogens is 314 g/mol. The molecule has 0 fully saturated rings. The first-order valence-electron chi connectivity index (χ1n) is 7.65. The number of pyridine rings is 2. The van der Waals surface area contributed by atoms with E-state index in [-0.39, 0.29) is 5.91 Å². The van der Waals surface area contributed by atoms with Crippen LogP contribution in [-0.2, 0) is 6.54 Å². The van der Waals surface area contributed by atoms with Crippen molar-refractivity contribution in [3.05, 3.63) is 83.9 Å². The van der Waals surface area contributed by atoms with E-state index < -0.39 is 0 Å². The van der Waals surface area contributed by atoms with E-state index in [2.05, 4.69) is 20.6 Å². The molecule has 3 aromatic rings. The van der Waals surface area contributed by atoms with Crippen LogP contribution in [-0.4, -0.2) is 15.9 Å². The smallest absolute Gasteiger partial charge is 0.274 e. The zero-order chi connectivity index (χ0) is 17.5. The molecule has 2 aromatic heterocycles. The fourth-order valence-electron chi connectivity index (χ4n) is 2.20. The molecule has 0 saturated carbocycles. The Hall–Kier alpha value is -3.72. The Morgan fingerprint density at radius 3 is 2.64 bits per heavy atom. The summed E-state index contributed by atoms with van der Waals surface area (Å²) >= 11 is 0. The monoisotopic (exact) mass is 329 g/mol. The number of amides is 1. The summed E-state index contributed by atoms with van der Waals surface area (Å²) in [5.41, 5.74) is 3.28. The first-order valence-corrected chi connectivity index (χ1v) is 7.65. The largest absolute Gasteiger partial charge is 0.380 e. The number of hydrogen-bond donors (Lipinski definition) is 2. The van der Waals surface area contributed by atoms with Crippen molar-refractivity contribution in [2.24, 2.45) is 0 Å². The van der Waals surface area contributed by atoms with Crippen LogP contribution < -0.4 is 10.6 Å². The summed E-state index contributed by atoms with van der Waals surface area (Å²) in [7, 11) is 0. The Bertz CT molecular complexity index is 901. The van der Waals surface area contributed by atoms with Gasteiger partial charge in [0.25, 0.3) is 5.91 Å². The van der Waals surface area contributed by atoms with Gasteiger partial charge < -0.3 is 10.6 Å². The zero-order valence-corrected chi connectivity index (χ0v) is 13.3. The molecule has 1 amide bonds. The van der Waals surface area contributed by atoms with Crippen LogP contribution >= 0.6 is 0 Å². The molecule has 0 spiro atoms. The highest BCUT2D eigenvalue weighted by molar-refractivity contribution is 6.03. The summed E-state index contributed by atoms with van der Waals surface area (Å²) in [4.78, 5) is 20.4. The number of nitrogens with one attached hydrogen (secondary N) is 2. The van der Waals surface area contributed by atoms with Crippen molar-refractivity contribution in [1.29, 1.82) is 5.26 Å². The maximum atomic E-state index is 12.2. The van der Waals surface area contributed by atoms with Crippen LogP contribution in [0.2, 0.25) is 0 Å². The van der Waals surface area contributed by atoms with E-state index >= 15 is 0 Å². The predicted octanol–water partition coefficient (Wildman–Crippen LogP) is 3.21. The fraction of sp³-hybridized carbons (Fsp3) is 0.0526. The van der Waals surface area contributed by atoms with Crippen LogP contribution in [0, 0.1) is 11.3 Å². The standard InChI is InChI=1S/C19H15N5O/c20-11-15-2-1-3-16(10-15)24-19(25)18-5-4-17(13-23-18)22-12-14-6-8-21-9-7-14/h1-10,13,22H,12H2,(H,24,25). The van der Waals surface area contributed by atoms with Crippen molar-refractivity contribution in [1.82, 2.24) is 9.97 Å². The van der Waals surface area contributed by atoms with Gasteiger partial charge in [-0.1, -0.05) is 6.07 Å². The fourth-order valence-corrected chi connectivity index (χ4v) is 2.20. The van der Waals surface area contributed by atoms with Gasteiger partial charge in [-0.25, -0.2) is 4.98 Å². The third-order valence-corrected chi connectivity index (χ3v) is 3.49. The minimum Gasteiger partial charge on any atom is -0.380 e. The molecule has 122 valence electrons. The molecule has 6 nitrogen and oxygen atoms in total. The normalized spacial score (nSPS) is 9.88. The van der Waals surface area contributed by atoms with E-state index in [1.807, 2.05) is 18.2 Å². The molecule has 0 aliphatic rings. The number of hydrogen-bond acceptors (Lipinski definition) is 5. The summed E-state index contributed by atoms with van der Waals surface area (Å²) in [5.74, 6) is -0.323. The topological polar surface area (TPSA) is 90.7 Å². The number of aromatic nitrogens is 2. The molecular formula is C19H15N5O. The summed E-state index contributed by atoms with van der Waals surface area (Å²) in [6, 6.07) is 16.1. The van der Waals surface area contributed by atoms with Gasteiger partial charge >= 0.3 is 0 Å². The first kappa shape index (κ1) is 16.1. The lowest BCUT2D eigenvalue weighted by Crippen LogP contribution is -2.13. The molecule has 0 unspecified atom stereocenters. The summed E-state index contributed by atoms with van der Waals surface area (Å²) in [5, 5.41) is 14.9. The minimum atomic E-state index is -0.323. The van der Waals surface area contributed by atoms with Crippen molar-refractivity contribution >= 4 is 17.3 Å². The van der Waals surface area contributed by atoms with Crippen LogP contribution in [0.4, 0.5) is 11.4 Å². The molecule has 0 bridgehead atoms. The lowest BCUT2D eigenvalue weighted by molar-refractivity contribution is 0.102. The van der Waals surface area contributed by atoms with E-state index in [1.165, 1.54) is 0 Å². The Balaban J connectivity index is 1.61. The summed E-state index contributed by atoms with van der Waals surface area (Å²) < 4.78 is 0. The van der Waals surface area contributed by atoms with Gasteiger partial charge in [-0.05, 0) is 48.0 Å². The molecule has 3 rings (SSSR count). The maximum Gasteiger partial charge on any atom is 0.274 e. The third kappa shape index (κ3) is 4.39. The van der Waals surface area contributed by atoms with Crippen LogP contribution in [0.3, 0.4) is 0 Å². The van der Waals surface area contributed by atoms with E-state index in [4.69, 9.17) is 5.26 Å². The number of rotatable bonds is 5. The molecule has 2 N–H and O–H groups in total. The Morgan fingerprint density at radius 1 is 1.08 bits per heavy atom. The lowest BCUT2D eigenvalue weighted by atomic mass is 10.2. The number of carbonyl (C=O) groups is 1. The van der Waals surface area contributed by atoms with Crippen LogP contribution in [0.25, 0.3) is 0 Å². The average molecular weight is 329 g/mol. The molecule has 2 heterocycles. The van der Waals surface area contributed by atoms with Gasteiger partial charge in [-0.2, -0.15) is 5.26 Å². The van der Waals surface area contributed by atoms with E-state index in [9.17, 15) is 4.79 Å². The zero-order valence-electron chi connectivity index (χ0n) is 13.3. The highest BCUT2D eigenvalue weighted by Gasteiger charge is 2.08. The molecule has 0 saturated heterocycles. The second-order valence-electron chi connectivity index (χ2n) is 5.29. The molecule has 0 aliphatic carbocycles. The van der Waals surface area contributed by atoms with Crippen molar-refractivity contribution < 1.29 is 4.79 Å². The predicted molar refractivity (Wildman–Crippen MR) is 94.9 cm³/mol. The molecule has 6 heteroatoms. The number of nitriles is 1. The van der Waals surface area contributed by atoms with E-state index in [0.717, 1.165) is 11.3 Å². The summed E-state index contributed by atoms with van der Waals surface area (Å²) in [6.45, 7) is 0.649.